The molecule has 0 heterocycles. The first-order chi connectivity index (χ1) is 6.97. The van der Waals surface area contributed by atoms with Crippen molar-refractivity contribution in [3.8, 4) is 0 Å². The second kappa shape index (κ2) is 7.30. The van der Waals surface area contributed by atoms with Gasteiger partial charge in [0, 0.05) is 0 Å². The minimum atomic E-state index is 0.494. The molecule has 2 nitrogen and oxygen atoms in total. The Labute approximate surface area is 93.9 Å². The molecule has 0 radical (unpaired) electrons. The van der Waals surface area contributed by atoms with Gasteiger partial charge in [0.05, 0.1) is 7.11 Å². The molecule has 2 heteroatoms. The molecule has 0 rings (SSSR count). The number of methoxy groups -OCH3 is 1. The van der Waals surface area contributed by atoms with Crippen LogP contribution in [0.1, 0.15) is 13.3 Å². The number of nitrogens with zero attached hydrogens (tertiary/aromatic N) is 1. The first kappa shape index (κ1) is 14.0. The summed E-state index contributed by atoms with van der Waals surface area (Å²) in [4.78, 5) is 2.18. The molecule has 0 aromatic rings. The lowest BCUT2D eigenvalue weighted by molar-refractivity contribution is 0.308. The molecule has 0 saturated heterocycles. The predicted octanol–water partition coefficient (Wildman–Crippen LogP) is 2.85. The van der Waals surface area contributed by atoms with Gasteiger partial charge in [-0.15, -0.1) is 0 Å². The highest BCUT2D eigenvalue weighted by Gasteiger charge is 2.04. The molecule has 0 saturated carbocycles. The molecule has 15 heavy (non-hydrogen) atoms. The molecule has 86 valence electrons. The fraction of sp³-hybridized carbons (Fsp3) is 0.538. The monoisotopic (exact) mass is 209 g/mol. The summed E-state index contributed by atoms with van der Waals surface area (Å²) in [6, 6.07) is 0. The van der Waals surface area contributed by atoms with E-state index in [1.165, 1.54) is 0 Å². The molecular weight excluding hydrogens is 186 g/mol. The zero-order valence-corrected chi connectivity index (χ0v) is 10.4. The van der Waals surface area contributed by atoms with Crippen molar-refractivity contribution in [1.82, 2.24) is 4.90 Å². The number of hydrogen-bond acceptors (Lipinski definition) is 2. The van der Waals surface area contributed by atoms with Crippen LogP contribution < -0.4 is 0 Å². The standard InChI is InChI=1S/C13H23NO/c1-11(7-8-13(3)15-6)12(2)9-10-14(4)5/h7-8,12H,1,3,9-10H2,2,4-6H3/b8-7-. The minimum absolute atomic E-state index is 0.494. The van der Waals surface area contributed by atoms with Crippen LogP contribution in [0.4, 0.5) is 0 Å². The summed E-state index contributed by atoms with van der Waals surface area (Å²) in [5.74, 6) is 1.16. The van der Waals surface area contributed by atoms with Crippen molar-refractivity contribution in [2.75, 3.05) is 27.7 Å². The molecule has 0 aromatic carbocycles. The Hall–Kier alpha value is -1.02. The summed E-state index contributed by atoms with van der Waals surface area (Å²) in [5, 5.41) is 0. The number of hydrogen-bond donors (Lipinski definition) is 0. The third-order valence-corrected chi connectivity index (χ3v) is 2.39. The Morgan fingerprint density at radius 3 is 2.40 bits per heavy atom. The van der Waals surface area contributed by atoms with Gasteiger partial charge in [-0.1, -0.05) is 31.7 Å². The quantitative estimate of drug-likeness (QED) is 0.472. The van der Waals surface area contributed by atoms with Gasteiger partial charge in [0.2, 0.25) is 0 Å². The second-order valence-electron chi connectivity index (χ2n) is 4.07. The number of rotatable bonds is 7. The van der Waals surface area contributed by atoms with E-state index in [0.717, 1.165) is 18.5 Å². The first-order valence-electron chi connectivity index (χ1n) is 5.22. The summed E-state index contributed by atoms with van der Waals surface area (Å²) in [7, 11) is 5.78. The van der Waals surface area contributed by atoms with Crippen LogP contribution in [0.2, 0.25) is 0 Å². The molecular formula is C13H23NO. The van der Waals surface area contributed by atoms with E-state index in [1.54, 1.807) is 7.11 Å². The maximum Gasteiger partial charge on any atom is 0.111 e. The second-order valence-corrected chi connectivity index (χ2v) is 4.07. The normalized spacial score (nSPS) is 13.1. The van der Waals surface area contributed by atoms with Crippen molar-refractivity contribution in [2.24, 2.45) is 5.92 Å². The van der Waals surface area contributed by atoms with E-state index in [2.05, 4.69) is 39.1 Å². The van der Waals surface area contributed by atoms with Crippen molar-refractivity contribution in [3.63, 3.8) is 0 Å². The molecule has 0 bridgehead atoms. The summed E-state index contributed by atoms with van der Waals surface area (Å²) >= 11 is 0. The number of allylic oxidation sites excluding steroid dienone is 3. The molecule has 0 aromatic heterocycles. The lowest BCUT2D eigenvalue weighted by Crippen LogP contribution is -2.15. The van der Waals surface area contributed by atoms with Crippen LogP contribution in [0.25, 0.3) is 0 Å². The van der Waals surface area contributed by atoms with E-state index in [0.29, 0.717) is 11.7 Å². The van der Waals surface area contributed by atoms with Gasteiger partial charge >= 0.3 is 0 Å². The van der Waals surface area contributed by atoms with Crippen LogP contribution in [0.5, 0.6) is 0 Å². The van der Waals surface area contributed by atoms with Gasteiger partial charge in [0.25, 0.3) is 0 Å². The molecule has 0 aliphatic carbocycles. The summed E-state index contributed by atoms with van der Waals surface area (Å²) in [6.07, 6.45) is 4.95. The highest BCUT2D eigenvalue weighted by Crippen LogP contribution is 2.14. The fourth-order valence-corrected chi connectivity index (χ4v) is 1.07. The predicted molar refractivity (Wildman–Crippen MR) is 66.8 cm³/mol. The van der Waals surface area contributed by atoms with Gasteiger partial charge in [-0.05, 0) is 39.1 Å². The largest absolute Gasteiger partial charge is 0.497 e. The highest BCUT2D eigenvalue weighted by molar-refractivity contribution is 5.22. The third-order valence-electron chi connectivity index (χ3n) is 2.39. The van der Waals surface area contributed by atoms with Crippen LogP contribution in [-0.4, -0.2) is 32.6 Å². The van der Waals surface area contributed by atoms with Crippen LogP contribution in [0.3, 0.4) is 0 Å². The maximum atomic E-state index is 4.95. The lowest BCUT2D eigenvalue weighted by atomic mass is 9.98. The highest BCUT2D eigenvalue weighted by atomic mass is 16.5. The SMILES string of the molecule is C=C(/C=C\C(=C)C(C)CCN(C)C)OC. The van der Waals surface area contributed by atoms with Crippen molar-refractivity contribution in [2.45, 2.75) is 13.3 Å². The molecule has 0 aliphatic rings. The Morgan fingerprint density at radius 2 is 1.93 bits per heavy atom. The van der Waals surface area contributed by atoms with Crippen LogP contribution in [0, 0.1) is 5.92 Å². The minimum Gasteiger partial charge on any atom is -0.497 e. The fourth-order valence-electron chi connectivity index (χ4n) is 1.07. The summed E-state index contributed by atoms with van der Waals surface area (Å²) < 4.78 is 4.95. The van der Waals surface area contributed by atoms with Crippen molar-refractivity contribution >= 4 is 0 Å². The van der Waals surface area contributed by atoms with E-state index >= 15 is 0 Å². The van der Waals surface area contributed by atoms with Gasteiger partial charge in [0.15, 0.2) is 0 Å². The summed E-state index contributed by atoms with van der Waals surface area (Å²) in [5.41, 5.74) is 1.12. The van der Waals surface area contributed by atoms with E-state index in [9.17, 15) is 0 Å². The van der Waals surface area contributed by atoms with Gasteiger partial charge in [-0.25, -0.2) is 0 Å². The van der Waals surface area contributed by atoms with Crippen molar-refractivity contribution < 1.29 is 4.74 Å². The molecule has 0 fully saturated rings. The smallest absolute Gasteiger partial charge is 0.111 e. The molecule has 0 amide bonds. The van der Waals surface area contributed by atoms with Crippen LogP contribution >= 0.6 is 0 Å². The van der Waals surface area contributed by atoms with E-state index in [4.69, 9.17) is 4.74 Å². The Balaban J connectivity index is 3.99. The van der Waals surface area contributed by atoms with E-state index in [1.807, 2.05) is 12.2 Å². The van der Waals surface area contributed by atoms with E-state index in [-0.39, 0.29) is 0 Å². The Morgan fingerprint density at radius 1 is 1.33 bits per heavy atom. The van der Waals surface area contributed by atoms with Crippen LogP contribution in [0.15, 0.2) is 36.6 Å². The van der Waals surface area contributed by atoms with Gasteiger partial charge in [-0.3, -0.25) is 0 Å². The molecule has 0 N–H and O–H groups in total. The van der Waals surface area contributed by atoms with Crippen molar-refractivity contribution in [3.05, 3.63) is 36.6 Å². The first-order valence-corrected chi connectivity index (χ1v) is 5.22. The van der Waals surface area contributed by atoms with Crippen molar-refractivity contribution in [1.29, 1.82) is 0 Å². The van der Waals surface area contributed by atoms with E-state index < -0.39 is 0 Å². The molecule has 0 spiro atoms. The van der Waals surface area contributed by atoms with Gasteiger partial charge in [-0.2, -0.15) is 0 Å². The topological polar surface area (TPSA) is 12.5 Å². The Bertz CT molecular complexity index is 241. The zero-order valence-electron chi connectivity index (χ0n) is 10.4. The zero-order chi connectivity index (χ0) is 11.8. The molecule has 1 unspecified atom stereocenters. The average molecular weight is 209 g/mol. The lowest BCUT2D eigenvalue weighted by Gasteiger charge is -2.15. The summed E-state index contributed by atoms with van der Waals surface area (Å²) in [6.45, 7) is 11.0. The van der Waals surface area contributed by atoms with Gasteiger partial charge < -0.3 is 9.64 Å². The molecule has 0 aliphatic heterocycles. The molecule has 1 atom stereocenters. The maximum absolute atomic E-state index is 4.95. The van der Waals surface area contributed by atoms with Crippen LogP contribution in [-0.2, 0) is 4.74 Å². The third kappa shape index (κ3) is 6.97. The average Bonchev–Trinajstić information content (AvgIpc) is 2.21. The Kier molecular flexibility index (Phi) is 6.80. The number of ether oxygens (including phenoxy) is 1. The van der Waals surface area contributed by atoms with Gasteiger partial charge in [0.1, 0.15) is 5.76 Å².